The zero-order valence-electron chi connectivity index (χ0n) is 18.7. The second-order valence-electron chi connectivity index (χ2n) is 9.50. The molecule has 172 valence electrons. The SMILES string of the molecule is CC1CC(NC(=O)NC(=O)C2CCCCC2N(C)C)CCC1OC1NCC(N)CN1. The Bertz CT molecular complexity index is 581. The largest absolute Gasteiger partial charge is 0.346 e. The van der Waals surface area contributed by atoms with E-state index in [1.807, 2.05) is 14.1 Å². The number of carbonyl (C=O) groups is 2. The summed E-state index contributed by atoms with van der Waals surface area (Å²) < 4.78 is 6.16. The first-order valence-corrected chi connectivity index (χ1v) is 11.5. The lowest BCUT2D eigenvalue weighted by atomic mass is 9.83. The summed E-state index contributed by atoms with van der Waals surface area (Å²) >= 11 is 0. The predicted octanol–water partition coefficient (Wildman–Crippen LogP) is 0.310. The Kier molecular flexibility index (Phi) is 8.47. The van der Waals surface area contributed by atoms with Crippen LogP contribution in [-0.2, 0) is 9.53 Å². The molecule has 3 aliphatic rings. The quantitative estimate of drug-likeness (QED) is 0.431. The minimum Gasteiger partial charge on any atom is -0.346 e. The Morgan fingerprint density at radius 3 is 2.43 bits per heavy atom. The van der Waals surface area contributed by atoms with Crippen LogP contribution in [0.3, 0.4) is 0 Å². The van der Waals surface area contributed by atoms with Gasteiger partial charge in [-0.05, 0) is 52.1 Å². The molecule has 2 saturated carbocycles. The van der Waals surface area contributed by atoms with Gasteiger partial charge in [0.2, 0.25) is 5.91 Å². The number of nitrogens with one attached hydrogen (secondary N) is 4. The van der Waals surface area contributed by atoms with Gasteiger partial charge in [-0.1, -0.05) is 19.8 Å². The first kappa shape index (κ1) is 23.4. The van der Waals surface area contributed by atoms with E-state index in [9.17, 15) is 9.59 Å². The predicted molar refractivity (Wildman–Crippen MR) is 116 cm³/mol. The van der Waals surface area contributed by atoms with Gasteiger partial charge in [0.15, 0.2) is 6.35 Å². The topological polar surface area (TPSA) is 121 Å². The van der Waals surface area contributed by atoms with Crippen molar-refractivity contribution in [1.82, 2.24) is 26.2 Å². The second kappa shape index (κ2) is 10.9. The monoisotopic (exact) mass is 424 g/mol. The van der Waals surface area contributed by atoms with Gasteiger partial charge in [0.25, 0.3) is 0 Å². The Morgan fingerprint density at radius 1 is 1.07 bits per heavy atom. The van der Waals surface area contributed by atoms with Crippen LogP contribution in [-0.4, -0.2) is 74.6 Å². The van der Waals surface area contributed by atoms with Gasteiger partial charge < -0.3 is 20.7 Å². The Hall–Kier alpha value is -1.26. The molecule has 1 heterocycles. The van der Waals surface area contributed by atoms with Crippen LogP contribution in [0.5, 0.6) is 0 Å². The van der Waals surface area contributed by atoms with Crippen LogP contribution in [0.4, 0.5) is 4.79 Å². The van der Waals surface area contributed by atoms with Crippen LogP contribution in [0.15, 0.2) is 0 Å². The third kappa shape index (κ3) is 6.37. The fourth-order valence-electron chi connectivity index (χ4n) is 5.10. The zero-order valence-corrected chi connectivity index (χ0v) is 18.7. The van der Waals surface area contributed by atoms with E-state index < -0.39 is 0 Å². The van der Waals surface area contributed by atoms with Crippen LogP contribution in [0.2, 0.25) is 0 Å². The van der Waals surface area contributed by atoms with Crippen molar-refractivity contribution in [2.45, 2.75) is 82.5 Å². The fourth-order valence-corrected chi connectivity index (χ4v) is 5.10. The molecule has 0 aromatic carbocycles. The molecule has 30 heavy (non-hydrogen) atoms. The number of hydrogen-bond acceptors (Lipinski definition) is 7. The fraction of sp³-hybridized carbons (Fsp3) is 0.905. The maximum absolute atomic E-state index is 12.7. The van der Waals surface area contributed by atoms with E-state index in [-0.39, 0.29) is 48.4 Å². The molecule has 6 N–H and O–H groups in total. The van der Waals surface area contributed by atoms with Crippen molar-refractivity contribution in [3.63, 3.8) is 0 Å². The van der Waals surface area contributed by atoms with Gasteiger partial charge in [-0.2, -0.15) is 0 Å². The third-order valence-electron chi connectivity index (χ3n) is 6.83. The smallest absolute Gasteiger partial charge is 0.321 e. The first-order valence-electron chi connectivity index (χ1n) is 11.5. The van der Waals surface area contributed by atoms with Crippen molar-refractivity contribution < 1.29 is 14.3 Å². The molecular weight excluding hydrogens is 384 g/mol. The minimum atomic E-state index is -0.371. The summed E-state index contributed by atoms with van der Waals surface area (Å²) in [6.07, 6.45) is 6.55. The Balaban J connectivity index is 1.41. The summed E-state index contributed by atoms with van der Waals surface area (Å²) in [5.41, 5.74) is 5.87. The molecule has 5 unspecified atom stereocenters. The van der Waals surface area contributed by atoms with Gasteiger partial charge in [-0.25, -0.2) is 4.79 Å². The molecule has 9 nitrogen and oxygen atoms in total. The molecule has 0 spiro atoms. The summed E-state index contributed by atoms with van der Waals surface area (Å²) in [7, 11) is 4.01. The van der Waals surface area contributed by atoms with Crippen molar-refractivity contribution in [3.8, 4) is 0 Å². The van der Waals surface area contributed by atoms with E-state index in [4.69, 9.17) is 10.5 Å². The van der Waals surface area contributed by atoms with E-state index in [0.29, 0.717) is 5.92 Å². The van der Waals surface area contributed by atoms with Gasteiger partial charge in [0, 0.05) is 31.2 Å². The normalized spacial score (nSPS) is 37.6. The molecule has 0 aromatic rings. The second-order valence-corrected chi connectivity index (χ2v) is 9.50. The summed E-state index contributed by atoms with van der Waals surface area (Å²) in [4.78, 5) is 27.2. The number of nitrogens with two attached hydrogens (primary N) is 1. The van der Waals surface area contributed by atoms with Crippen molar-refractivity contribution in [3.05, 3.63) is 0 Å². The Morgan fingerprint density at radius 2 is 1.77 bits per heavy atom. The summed E-state index contributed by atoms with van der Waals surface area (Å²) in [6, 6.07) is 0.00867. The molecule has 2 aliphatic carbocycles. The number of imide groups is 1. The van der Waals surface area contributed by atoms with Crippen LogP contribution in [0.1, 0.15) is 51.9 Å². The molecule has 0 bridgehead atoms. The molecule has 1 aliphatic heterocycles. The number of hydrogen-bond donors (Lipinski definition) is 5. The van der Waals surface area contributed by atoms with E-state index in [2.05, 4.69) is 33.1 Å². The molecule has 0 aromatic heterocycles. The highest BCUT2D eigenvalue weighted by atomic mass is 16.5. The van der Waals surface area contributed by atoms with Gasteiger partial charge in [-0.15, -0.1) is 0 Å². The standard InChI is InChI=1S/C21H40N6O3/c1-13-10-15(8-9-18(13)30-21-23-11-14(22)12-24-21)25-20(29)26-19(28)16-6-4-5-7-17(16)27(2)3/h13-18,21,23-24H,4-12,22H2,1-3H3,(H2,25,26,28,29). The van der Waals surface area contributed by atoms with Crippen molar-refractivity contribution in [2.24, 2.45) is 17.6 Å². The highest BCUT2D eigenvalue weighted by molar-refractivity contribution is 5.95. The third-order valence-corrected chi connectivity index (χ3v) is 6.83. The van der Waals surface area contributed by atoms with E-state index >= 15 is 0 Å². The molecular formula is C21H40N6O3. The number of carbonyl (C=O) groups excluding carboxylic acids is 2. The Labute approximate surface area is 180 Å². The van der Waals surface area contributed by atoms with Crippen LogP contribution in [0, 0.1) is 11.8 Å². The maximum Gasteiger partial charge on any atom is 0.321 e. The molecule has 3 rings (SSSR count). The zero-order chi connectivity index (χ0) is 21.7. The van der Waals surface area contributed by atoms with E-state index in [1.165, 1.54) is 0 Å². The first-order chi connectivity index (χ1) is 14.3. The molecule has 3 amide bonds. The molecule has 1 saturated heterocycles. The van der Waals surface area contributed by atoms with Crippen LogP contribution in [0.25, 0.3) is 0 Å². The van der Waals surface area contributed by atoms with Crippen LogP contribution < -0.4 is 27.0 Å². The molecule has 9 heteroatoms. The highest BCUT2D eigenvalue weighted by Crippen LogP contribution is 2.29. The number of rotatable bonds is 5. The molecule has 3 fully saturated rings. The minimum absolute atomic E-state index is 0.0596. The van der Waals surface area contributed by atoms with Crippen molar-refractivity contribution in [1.29, 1.82) is 0 Å². The summed E-state index contributed by atoms with van der Waals surface area (Å²) in [5.74, 6) is 0.0465. The van der Waals surface area contributed by atoms with Crippen molar-refractivity contribution >= 4 is 11.9 Å². The maximum atomic E-state index is 12.7. The average Bonchev–Trinajstić information content (AvgIpc) is 2.71. The average molecular weight is 425 g/mol. The van der Waals surface area contributed by atoms with E-state index in [1.54, 1.807) is 0 Å². The lowest BCUT2D eigenvalue weighted by Gasteiger charge is -2.38. The molecule has 0 radical (unpaired) electrons. The van der Waals surface area contributed by atoms with Crippen molar-refractivity contribution in [2.75, 3.05) is 27.2 Å². The molecule has 5 atom stereocenters. The number of amides is 3. The lowest BCUT2D eigenvalue weighted by Crippen LogP contribution is -2.60. The van der Waals surface area contributed by atoms with Gasteiger partial charge in [0.05, 0.1) is 12.0 Å². The number of urea groups is 1. The van der Waals surface area contributed by atoms with Gasteiger partial charge in [0.1, 0.15) is 0 Å². The highest BCUT2D eigenvalue weighted by Gasteiger charge is 2.35. The number of nitrogens with zero attached hydrogens (tertiary/aromatic N) is 1. The van der Waals surface area contributed by atoms with E-state index in [0.717, 1.165) is 58.0 Å². The van der Waals surface area contributed by atoms with Crippen LogP contribution >= 0.6 is 0 Å². The summed E-state index contributed by atoms with van der Waals surface area (Å²) in [5, 5.41) is 12.1. The lowest BCUT2D eigenvalue weighted by molar-refractivity contribution is -0.127. The summed E-state index contributed by atoms with van der Waals surface area (Å²) in [6.45, 7) is 3.64. The van der Waals surface area contributed by atoms with Gasteiger partial charge in [-0.3, -0.25) is 20.7 Å². The number of ether oxygens (including phenoxy) is 1. The van der Waals surface area contributed by atoms with Gasteiger partial charge >= 0.3 is 6.03 Å².